The van der Waals surface area contributed by atoms with Gasteiger partial charge in [0, 0.05) is 12.6 Å². The molecule has 0 saturated carbocycles. The Labute approximate surface area is 159 Å². The maximum Gasteiger partial charge on any atom is 0.410 e. The molecule has 1 rings (SSSR count). The highest BCUT2D eigenvalue weighted by Gasteiger charge is 2.42. The Morgan fingerprint density at radius 3 is 2.12 bits per heavy atom. The van der Waals surface area contributed by atoms with Crippen LogP contribution in [-0.2, 0) is 18.7 Å². The van der Waals surface area contributed by atoms with E-state index < -0.39 is 20.0 Å². The molecule has 0 aromatic carbocycles. The summed E-state index contributed by atoms with van der Waals surface area (Å²) in [5.74, 6) is -0.313. The van der Waals surface area contributed by atoms with Gasteiger partial charge >= 0.3 is 12.1 Å². The van der Waals surface area contributed by atoms with Crippen LogP contribution in [0.15, 0.2) is 0 Å². The average molecular weight is 388 g/mol. The van der Waals surface area contributed by atoms with Gasteiger partial charge in [-0.2, -0.15) is 0 Å². The van der Waals surface area contributed by atoms with Crippen LogP contribution in [0.2, 0.25) is 18.1 Å². The minimum absolute atomic E-state index is 0.0303. The lowest BCUT2D eigenvalue weighted by atomic mass is 9.98. The molecule has 2 atom stereocenters. The van der Waals surface area contributed by atoms with E-state index in [0.717, 1.165) is 6.42 Å². The molecule has 1 heterocycles. The third kappa shape index (κ3) is 6.58. The average Bonchev–Trinajstić information content (AvgIpc) is 2.45. The van der Waals surface area contributed by atoms with Gasteiger partial charge < -0.3 is 18.8 Å². The maximum absolute atomic E-state index is 12.7. The highest BCUT2D eigenvalue weighted by Crippen LogP contribution is 2.38. The third-order valence-electron chi connectivity index (χ3n) is 5.19. The van der Waals surface area contributed by atoms with Crippen molar-refractivity contribution in [3.05, 3.63) is 0 Å². The summed E-state index contributed by atoms with van der Waals surface area (Å²) in [6.45, 7) is 17.0. The van der Waals surface area contributed by atoms with Crippen molar-refractivity contribution in [3.63, 3.8) is 0 Å². The number of hydrogen-bond donors (Lipinski definition) is 0. The third-order valence-corrected chi connectivity index (χ3v) is 9.72. The molecule has 7 heteroatoms. The van der Waals surface area contributed by atoms with Gasteiger partial charge in [0.1, 0.15) is 5.60 Å². The number of ether oxygens (including phenoxy) is 2. The zero-order chi connectivity index (χ0) is 20.3. The Hall–Kier alpha value is -1.08. The van der Waals surface area contributed by atoms with Gasteiger partial charge in [-0.25, -0.2) is 4.79 Å². The quantitative estimate of drug-likeness (QED) is 0.530. The SMILES string of the molecule is COC(=O)C[C@H]1CC[C@@H](O[Si](C)(C)C(C)(C)C)CN1C(=O)OC(C)(C)C. The van der Waals surface area contributed by atoms with Crippen LogP contribution in [0.4, 0.5) is 4.79 Å². The topological polar surface area (TPSA) is 65.1 Å². The minimum atomic E-state index is -1.93. The fourth-order valence-corrected chi connectivity index (χ4v) is 4.09. The molecule has 1 amide bonds. The summed E-state index contributed by atoms with van der Waals surface area (Å²) in [6.07, 6.45) is 1.29. The zero-order valence-corrected chi connectivity index (χ0v) is 19.0. The summed E-state index contributed by atoms with van der Waals surface area (Å²) in [5, 5.41) is 0.104. The standard InChI is InChI=1S/C19H37NO5Si/c1-18(2,3)24-17(22)20-13-15(25-26(8,9)19(4,5)6)11-10-14(20)12-16(21)23-7/h14-15H,10-13H2,1-9H3/t14-,15-/m1/s1. The van der Waals surface area contributed by atoms with Gasteiger partial charge in [-0.05, 0) is 51.7 Å². The Bertz CT molecular complexity index is 507. The predicted octanol–water partition coefficient (Wildman–Crippen LogP) is 4.34. The first-order chi connectivity index (χ1) is 11.7. The van der Waals surface area contributed by atoms with Gasteiger partial charge in [0.15, 0.2) is 8.32 Å². The molecule has 0 bridgehead atoms. The van der Waals surface area contributed by atoms with Gasteiger partial charge in [0.2, 0.25) is 0 Å². The number of nitrogens with zero attached hydrogens (tertiary/aromatic N) is 1. The first-order valence-corrected chi connectivity index (χ1v) is 12.3. The summed E-state index contributed by atoms with van der Waals surface area (Å²) in [6, 6.07) is -0.212. The highest BCUT2D eigenvalue weighted by molar-refractivity contribution is 6.74. The second kappa shape index (κ2) is 8.29. The molecule has 0 aromatic rings. The second-order valence-corrected chi connectivity index (χ2v) is 14.4. The fraction of sp³-hybridized carbons (Fsp3) is 0.895. The van der Waals surface area contributed by atoms with Gasteiger partial charge in [-0.3, -0.25) is 4.79 Å². The van der Waals surface area contributed by atoms with Crippen molar-refractivity contribution in [1.29, 1.82) is 0 Å². The fourth-order valence-electron chi connectivity index (χ4n) is 2.72. The van der Waals surface area contributed by atoms with E-state index in [0.29, 0.717) is 13.0 Å². The van der Waals surface area contributed by atoms with Gasteiger partial charge in [0.25, 0.3) is 0 Å². The van der Waals surface area contributed by atoms with Crippen LogP contribution in [0, 0.1) is 0 Å². The molecule has 26 heavy (non-hydrogen) atoms. The number of amides is 1. The largest absolute Gasteiger partial charge is 0.469 e. The minimum Gasteiger partial charge on any atom is -0.469 e. The Kier molecular flexibility index (Phi) is 7.32. The van der Waals surface area contributed by atoms with E-state index in [9.17, 15) is 9.59 Å². The predicted molar refractivity (Wildman–Crippen MR) is 105 cm³/mol. The van der Waals surface area contributed by atoms with Gasteiger partial charge in [0.05, 0.1) is 19.6 Å². The molecular formula is C19H37NO5Si. The molecular weight excluding hydrogens is 350 g/mol. The van der Waals surface area contributed by atoms with E-state index >= 15 is 0 Å². The van der Waals surface area contributed by atoms with Crippen molar-refractivity contribution in [2.75, 3.05) is 13.7 Å². The molecule has 0 radical (unpaired) electrons. The molecule has 152 valence electrons. The molecule has 1 saturated heterocycles. The highest BCUT2D eigenvalue weighted by atomic mass is 28.4. The lowest BCUT2D eigenvalue weighted by Crippen LogP contribution is -2.54. The number of likely N-dealkylation sites (tertiary alicyclic amines) is 1. The number of hydrogen-bond acceptors (Lipinski definition) is 5. The molecule has 0 unspecified atom stereocenters. The molecule has 0 spiro atoms. The molecule has 1 aliphatic heterocycles. The first-order valence-electron chi connectivity index (χ1n) is 9.40. The van der Waals surface area contributed by atoms with E-state index in [1.54, 1.807) is 4.90 Å². The Morgan fingerprint density at radius 1 is 1.08 bits per heavy atom. The molecule has 1 fully saturated rings. The van der Waals surface area contributed by atoms with E-state index in [-0.39, 0.29) is 29.6 Å². The van der Waals surface area contributed by atoms with Crippen molar-refractivity contribution in [2.45, 2.75) is 96.7 Å². The lowest BCUT2D eigenvalue weighted by Gasteiger charge is -2.44. The van der Waals surface area contributed by atoms with Crippen LogP contribution in [0.3, 0.4) is 0 Å². The van der Waals surface area contributed by atoms with Crippen LogP contribution in [0.25, 0.3) is 0 Å². The molecule has 0 aliphatic carbocycles. The van der Waals surface area contributed by atoms with Crippen molar-refractivity contribution in [3.8, 4) is 0 Å². The van der Waals surface area contributed by atoms with Gasteiger partial charge in [-0.15, -0.1) is 0 Å². The smallest absolute Gasteiger partial charge is 0.410 e. The summed E-state index contributed by atoms with van der Waals surface area (Å²) in [4.78, 5) is 26.1. The molecule has 6 nitrogen and oxygen atoms in total. The van der Waals surface area contributed by atoms with E-state index in [4.69, 9.17) is 13.9 Å². The van der Waals surface area contributed by atoms with E-state index in [1.165, 1.54) is 7.11 Å². The van der Waals surface area contributed by atoms with Gasteiger partial charge in [-0.1, -0.05) is 20.8 Å². The number of carbonyl (C=O) groups excluding carboxylic acids is 2. The summed E-state index contributed by atoms with van der Waals surface area (Å²) in [5.41, 5.74) is -0.583. The number of piperidine rings is 1. The van der Waals surface area contributed by atoms with Crippen molar-refractivity contribution in [1.82, 2.24) is 4.90 Å². The maximum atomic E-state index is 12.7. The monoisotopic (exact) mass is 387 g/mol. The Morgan fingerprint density at radius 2 is 1.65 bits per heavy atom. The number of methoxy groups -OCH3 is 1. The van der Waals surface area contributed by atoms with Crippen LogP contribution in [-0.4, -0.2) is 56.7 Å². The molecule has 0 N–H and O–H groups in total. The van der Waals surface area contributed by atoms with Crippen LogP contribution < -0.4 is 0 Å². The van der Waals surface area contributed by atoms with Crippen molar-refractivity contribution >= 4 is 20.4 Å². The number of esters is 1. The normalized spacial score (nSPS) is 22.1. The summed E-state index contributed by atoms with van der Waals surface area (Å²) < 4.78 is 16.9. The molecule has 1 aliphatic rings. The summed E-state index contributed by atoms with van der Waals surface area (Å²) >= 11 is 0. The number of rotatable bonds is 4. The van der Waals surface area contributed by atoms with Crippen LogP contribution >= 0.6 is 0 Å². The van der Waals surface area contributed by atoms with Crippen molar-refractivity contribution in [2.24, 2.45) is 0 Å². The van der Waals surface area contributed by atoms with E-state index in [1.807, 2.05) is 20.8 Å². The zero-order valence-electron chi connectivity index (χ0n) is 18.0. The Balaban J connectivity index is 2.92. The van der Waals surface area contributed by atoms with Crippen LogP contribution in [0.1, 0.15) is 60.8 Å². The van der Waals surface area contributed by atoms with Crippen molar-refractivity contribution < 1.29 is 23.5 Å². The summed E-state index contributed by atoms with van der Waals surface area (Å²) in [7, 11) is -0.567. The lowest BCUT2D eigenvalue weighted by molar-refractivity contribution is -0.142. The number of carbonyl (C=O) groups is 2. The first kappa shape index (κ1) is 23.0. The van der Waals surface area contributed by atoms with Crippen LogP contribution in [0.5, 0.6) is 0 Å². The second-order valence-electron chi connectivity index (χ2n) is 9.64. The van der Waals surface area contributed by atoms with E-state index in [2.05, 4.69) is 33.9 Å². The molecule has 0 aromatic heterocycles.